The molecular formula is C20H27NO2. The maximum atomic E-state index is 11.2. The quantitative estimate of drug-likeness (QED) is 0.727. The van der Waals surface area contributed by atoms with Gasteiger partial charge in [-0.05, 0) is 61.3 Å². The molecule has 1 fully saturated rings. The Bertz CT molecular complexity index is 665. The van der Waals surface area contributed by atoms with E-state index in [1.165, 1.54) is 56.9 Å². The van der Waals surface area contributed by atoms with Gasteiger partial charge >= 0.3 is 0 Å². The molecule has 0 atom stereocenters. The first-order valence-corrected chi connectivity index (χ1v) is 9.00. The van der Waals surface area contributed by atoms with Crippen LogP contribution >= 0.6 is 0 Å². The van der Waals surface area contributed by atoms with E-state index >= 15 is 0 Å². The number of carbonyl (C=O) groups is 1. The molecule has 1 heterocycles. The van der Waals surface area contributed by atoms with Crippen molar-refractivity contribution in [2.45, 2.75) is 64.2 Å². The highest BCUT2D eigenvalue weighted by Gasteiger charge is 2.22. The van der Waals surface area contributed by atoms with Crippen molar-refractivity contribution in [2.75, 3.05) is 0 Å². The molecule has 1 aromatic carbocycles. The van der Waals surface area contributed by atoms with Crippen molar-refractivity contribution < 1.29 is 9.21 Å². The van der Waals surface area contributed by atoms with Gasteiger partial charge in [-0.25, -0.2) is 0 Å². The molecule has 1 aliphatic rings. The molecule has 0 bridgehead atoms. The van der Waals surface area contributed by atoms with Crippen LogP contribution in [-0.2, 0) is 0 Å². The second-order valence-corrected chi connectivity index (χ2v) is 6.99. The summed E-state index contributed by atoms with van der Waals surface area (Å²) in [6.45, 7) is 2.27. The Hall–Kier alpha value is -1.77. The van der Waals surface area contributed by atoms with Crippen LogP contribution in [0.4, 0.5) is 0 Å². The molecule has 0 saturated heterocycles. The first-order valence-electron chi connectivity index (χ1n) is 9.00. The Morgan fingerprint density at radius 2 is 1.96 bits per heavy atom. The largest absolute Gasteiger partial charge is 0.451 e. The van der Waals surface area contributed by atoms with Crippen LogP contribution < -0.4 is 5.73 Å². The molecule has 1 aromatic heterocycles. The summed E-state index contributed by atoms with van der Waals surface area (Å²) in [6, 6.07) is 8.06. The second-order valence-electron chi connectivity index (χ2n) is 6.99. The van der Waals surface area contributed by atoms with E-state index in [-0.39, 0.29) is 5.76 Å². The van der Waals surface area contributed by atoms with Gasteiger partial charge in [-0.15, -0.1) is 0 Å². The van der Waals surface area contributed by atoms with Gasteiger partial charge in [0.25, 0.3) is 5.91 Å². The third-order valence-corrected chi connectivity index (χ3v) is 5.32. The van der Waals surface area contributed by atoms with E-state index in [1.54, 1.807) is 6.07 Å². The fraction of sp³-hybridized carbons (Fsp3) is 0.550. The standard InChI is InChI=1S/C20H27NO2/c1-2-3-4-5-14-6-8-15(9-7-14)16-10-11-18-17(12-16)13-19(23-18)20(21)22/h10-15H,2-9H2,1H3,(H2,21,22). The van der Waals surface area contributed by atoms with Crippen LogP contribution in [0.15, 0.2) is 28.7 Å². The molecule has 3 rings (SSSR count). The van der Waals surface area contributed by atoms with E-state index in [0.717, 1.165) is 16.9 Å². The van der Waals surface area contributed by atoms with Gasteiger partial charge in [0, 0.05) is 5.39 Å². The van der Waals surface area contributed by atoms with Gasteiger partial charge in [0.15, 0.2) is 5.76 Å². The van der Waals surface area contributed by atoms with Crippen molar-refractivity contribution in [1.29, 1.82) is 0 Å². The number of fused-ring (bicyclic) bond motifs is 1. The summed E-state index contributed by atoms with van der Waals surface area (Å²) in [4.78, 5) is 11.2. The molecule has 2 N–H and O–H groups in total. The van der Waals surface area contributed by atoms with Gasteiger partial charge in [-0.2, -0.15) is 0 Å². The number of amides is 1. The summed E-state index contributed by atoms with van der Waals surface area (Å²) in [6.07, 6.45) is 10.7. The van der Waals surface area contributed by atoms with Crippen molar-refractivity contribution in [3.05, 3.63) is 35.6 Å². The number of primary amides is 1. The third kappa shape index (κ3) is 3.77. The fourth-order valence-corrected chi connectivity index (χ4v) is 3.90. The number of rotatable bonds is 6. The Balaban J connectivity index is 1.64. The van der Waals surface area contributed by atoms with Crippen LogP contribution in [0.2, 0.25) is 0 Å². The normalized spacial score (nSPS) is 21.6. The maximum absolute atomic E-state index is 11.2. The van der Waals surface area contributed by atoms with Crippen LogP contribution in [0, 0.1) is 5.92 Å². The highest BCUT2D eigenvalue weighted by atomic mass is 16.3. The van der Waals surface area contributed by atoms with Crippen LogP contribution in [0.25, 0.3) is 11.0 Å². The first kappa shape index (κ1) is 16.1. The predicted molar refractivity (Wildman–Crippen MR) is 93.6 cm³/mol. The number of hydrogen-bond acceptors (Lipinski definition) is 2. The molecule has 1 saturated carbocycles. The SMILES string of the molecule is CCCCCC1CCC(c2ccc3oc(C(N)=O)cc3c2)CC1. The first-order chi connectivity index (χ1) is 11.2. The van der Waals surface area contributed by atoms with E-state index in [0.29, 0.717) is 5.92 Å². The molecule has 0 unspecified atom stereocenters. The van der Waals surface area contributed by atoms with E-state index in [1.807, 2.05) is 6.07 Å². The molecule has 3 heteroatoms. The van der Waals surface area contributed by atoms with Gasteiger partial charge in [0.05, 0.1) is 0 Å². The lowest BCUT2D eigenvalue weighted by atomic mass is 9.77. The number of unbranched alkanes of at least 4 members (excludes halogenated alkanes) is 2. The van der Waals surface area contributed by atoms with Crippen LogP contribution in [0.5, 0.6) is 0 Å². The van der Waals surface area contributed by atoms with Gasteiger partial charge in [0.1, 0.15) is 5.58 Å². The summed E-state index contributed by atoms with van der Waals surface area (Å²) in [5.74, 6) is 1.32. The van der Waals surface area contributed by atoms with Crippen LogP contribution in [-0.4, -0.2) is 5.91 Å². The Kier molecular flexibility index (Phi) is 5.04. The molecule has 0 spiro atoms. The van der Waals surface area contributed by atoms with Gasteiger partial charge in [0.2, 0.25) is 0 Å². The molecule has 1 aliphatic carbocycles. The number of nitrogens with two attached hydrogens (primary N) is 1. The lowest BCUT2D eigenvalue weighted by Gasteiger charge is -2.28. The van der Waals surface area contributed by atoms with Crippen molar-refractivity contribution in [1.82, 2.24) is 0 Å². The van der Waals surface area contributed by atoms with Crippen LogP contribution in [0.1, 0.15) is 80.3 Å². The molecule has 0 radical (unpaired) electrons. The fourth-order valence-electron chi connectivity index (χ4n) is 3.90. The van der Waals surface area contributed by atoms with Gasteiger partial charge < -0.3 is 10.2 Å². The summed E-state index contributed by atoms with van der Waals surface area (Å²) in [5.41, 5.74) is 7.41. The highest BCUT2D eigenvalue weighted by Crippen LogP contribution is 2.38. The Labute approximate surface area is 138 Å². The molecule has 124 valence electrons. The van der Waals surface area contributed by atoms with Crippen molar-refractivity contribution >= 4 is 16.9 Å². The maximum Gasteiger partial charge on any atom is 0.284 e. The lowest BCUT2D eigenvalue weighted by Crippen LogP contribution is -2.13. The molecule has 23 heavy (non-hydrogen) atoms. The zero-order chi connectivity index (χ0) is 16.2. The zero-order valence-electron chi connectivity index (χ0n) is 14.0. The highest BCUT2D eigenvalue weighted by molar-refractivity contribution is 5.95. The summed E-state index contributed by atoms with van der Waals surface area (Å²) < 4.78 is 5.47. The lowest BCUT2D eigenvalue weighted by molar-refractivity contribution is 0.0976. The van der Waals surface area contributed by atoms with Crippen molar-refractivity contribution in [3.63, 3.8) is 0 Å². The average Bonchev–Trinajstić information content (AvgIpc) is 2.99. The average molecular weight is 313 g/mol. The molecule has 2 aromatic rings. The Morgan fingerprint density at radius 1 is 1.17 bits per heavy atom. The van der Waals surface area contributed by atoms with E-state index in [2.05, 4.69) is 19.1 Å². The van der Waals surface area contributed by atoms with Gasteiger partial charge in [-0.3, -0.25) is 4.79 Å². The molecule has 1 amide bonds. The number of benzene rings is 1. The minimum atomic E-state index is -0.504. The van der Waals surface area contributed by atoms with E-state index in [9.17, 15) is 4.79 Å². The summed E-state index contributed by atoms with van der Waals surface area (Å²) >= 11 is 0. The predicted octanol–water partition coefficient (Wildman–Crippen LogP) is 5.39. The summed E-state index contributed by atoms with van der Waals surface area (Å²) in [5, 5.41) is 0.987. The van der Waals surface area contributed by atoms with Crippen molar-refractivity contribution in [3.8, 4) is 0 Å². The number of carbonyl (C=O) groups excluding carboxylic acids is 1. The third-order valence-electron chi connectivity index (χ3n) is 5.32. The molecule has 0 aliphatic heterocycles. The second kappa shape index (κ2) is 7.20. The van der Waals surface area contributed by atoms with E-state index in [4.69, 9.17) is 10.2 Å². The smallest absolute Gasteiger partial charge is 0.284 e. The molecular weight excluding hydrogens is 286 g/mol. The zero-order valence-corrected chi connectivity index (χ0v) is 14.0. The minimum absolute atomic E-state index is 0.247. The monoisotopic (exact) mass is 313 g/mol. The minimum Gasteiger partial charge on any atom is -0.451 e. The van der Waals surface area contributed by atoms with Crippen LogP contribution in [0.3, 0.4) is 0 Å². The topological polar surface area (TPSA) is 56.2 Å². The molecule has 3 nitrogen and oxygen atoms in total. The number of furan rings is 1. The number of hydrogen-bond donors (Lipinski definition) is 1. The van der Waals surface area contributed by atoms with Gasteiger partial charge in [-0.1, -0.05) is 38.7 Å². The van der Waals surface area contributed by atoms with E-state index < -0.39 is 5.91 Å². The summed E-state index contributed by atoms with van der Waals surface area (Å²) in [7, 11) is 0. The Morgan fingerprint density at radius 3 is 2.65 bits per heavy atom. The van der Waals surface area contributed by atoms with Crippen molar-refractivity contribution in [2.24, 2.45) is 11.7 Å².